The van der Waals surface area contributed by atoms with Crippen molar-refractivity contribution >= 4 is 0 Å². The smallest absolute Gasteiger partial charge is 0.0734 e. The molecule has 2 fully saturated rings. The summed E-state index contributed by atoms with van der Waals surface area (Å²) in [6, 6.07) is 0.561. The highest BCUT2D eigenvalue weighted by Crippen LogP contribution is 2.40. The van der Waals surface area contributed by atoms with Crippen LogP contribution in [0.2, 0.25) is 0 Å². The average molecular weight is 296 g/mol. The molecule has 0 saturated heterocycles. The van der Waals surface area contributed by atoms with Crippen LogP contribution in [0.4, 0.5) is 0 Å². The van der Waals surface area contributed by atoms with Crippen molar-refractivity contribution in [3.8, 4) is 0 Å². The first kappa shape index (κ1) is 17.3. The van der Waals surface area contributed by atoms with E-state index < -0.39 is 0 Å². The van der Waals surface area contributed by atoms with Crippen LogP contribution in [0, 0.1) is 17.3 Å². The molecule has 2 rings (SSSR count). The van der Waals surface area contributed by atoms with Gasteiger partial charge in [-0.2, -0.15) is 0 Å². The molecule has 0 amide bonds. The summed E-state index contributed by atoms with van der Waals surface area (Å²) in [4.78, 5) is 0. The van der Waals surface area contributed by atoms with Crippen molar-refractivity contribution in [2.24, 2.45) is 17.3 Å². The highest BCUT2D eigenvalue weighted by molar-refractivity contribution is 4.90. The zero-order valence-corrected chi connectivity index (χ0v) is 15.0. The van der Waals surface area contributed by atoms with Gasteiger partial charge >= 0.3 is 0 Å². The van der Waals surface area contributed by atoms with E-state index in [-0.39, 0.29) is 0 Å². The largest absolute Gasteiger partial charge is 0.373 e. The minimum absolute atomic E-state index is 0.416. The topological polar surface area (TPSA) is 21.3 Å². The predicted molar refractivity (Wildman–Crippen MR) is 90.6 cm³/mol. The van der Waals surface area contributed by atoms with Crippen molar-refractivity contribution in [1.29, 1.82) is 0 Å². The lowest BCUT2D eigenvalue weighted by Gasteiger charge is -2.43. The standard InChI is InChI=1S/C19H37NO/c1-6-14-8-7-9-16(12-14)21-18-13-15(19(2,3)4)10-11-17(18)20-5/h14-18,20H,6-13H2,1-5H3. The summed E-state index contributed by atoms with van der Waals surface area (Å²) in [6.45, 7) is 9.51. The first-order chi connectivity index (χ1) is 9.94. The van der Waals surface area contributed by atoms with Gasteiger partial charge in [0, 0.05) is 6.04 Å². The van der Waals surface area contributed by atoms with Gasteiger partial charge in [-0.3, -0.25) is 0 Å². The van der Waals surface area contributed by atoms with Crippen molar-refractivity contribution in [2.75, 3.05) is 7.05 Å². The molecular formula is C19H37NO. The summed E-state index contributed by atoms with van der Waals surface area (Å²) in [6.07, 6.45) is 11.5. The zero-order chi connectivity index (χ0) is 15.5. The van der Waals surface area contributed by atoms with E-state index >= 15 is 0 Å². The van der Waals surface area contributed by atoms with Gasteiger partial charge in [0.25, 0.3) is 0 Å². The van der Waals surface area contributed by atoms with Crippen molar-refractivity contribution < 1.29 is 4.74 Å². The number of likely N-dealkylation sites (N-methyl/N-ethyl adjacent to an activating group) is 1. The van der Waals surface area contributed by atoms with E-state index in [1.165, 1.54) is 51.4 Å². The monoisotopic (exact) mass is 295 g/mol. The van der Waals surface area contributed by atoms with Gasteiger partial charge in [0.05, 0.1) is 12.2 Å². The van der Waals surface area contributed by atoms with Crippen LogP contribution in [0.25, 0.3) is 0 Å². The lowest BCUT2D eigenvalue weighted by atomic mass is 9.70. The molecule has 5 unspecified atom stereocenters. The van der Waals surface area contributed by atoms with E-state index in [2.05, 4.69) is 40.1 Å². The maximum absolute atomic E-state index is 6.63. The fraction of sp³-hybridized carbons (Fsp3) is 1.00. The fourth-order valence-corrected chi connectivity index (χ4v) is 4.38. The molecule has 21 heavy (non-hydrogen) atoms. The molecule has 0 aromatic rings. The van der Waals surface area contributed by atoms with Gasteiger partial charge in [0.1, 0.15) is 0 Å². The van der Waals surface area contributed by atoms with Crippen LogP contribution >= 0.6 is 0 Å². The average Bonchev–Trinajstić information content (AvgIpc) is 2.46. The highest BCUT2D eigenvalue weighted by atomic mass is 16.5. The van der Waals surface area contributed by atoms with Gasteiger partial charge in [-0.15, -0.1) is 0 Å². The Labute approximate surface area is 132 Å². The molecule has 0 heterocycles. The van der Waals surface area contributed by atoms with E-state index in [9.17, 15) is 0 Å². The Hall–Kier alpha value is -0.0800. The number of nitrogens with one attached hydrogen (secondary N) is 1. The van der Waals surface area contributed by atoms with Crippen LogP contribution in [0.1, 0.15) is 79.1 Å². The van der Waals surface area contributed by atoms with E-state index in [1.54, 1.807) is 0 Å². The van der Waals surface area contributed by atoms with Crippen molar-refractivity contribution in [3.05, 3.63) is 0 Å². The lowest BCUT2D eigenvalue weighted by Crippen LogP contribution is -2.48. The van der Waals surface area contributed by atoms with Gasteiger partial charge in [-0.25, -0.2) is 0 Å². The SMILES string of the molecule is CCC1CCCC(OC2CC(C(C)(C)C)CCC2NC)C1. The predicted octanol–water partition coefficient (Wildman–Crippen LogP) is 4.77. The molecule has 2 aliphatic rings. The summed E-state index contributed by atoms with van der Waals surface area (Å²) < 4.78 is 6.63. The first-order valence-electron chi connectivity index (χ1n) is 9.26. The molecule has 2 nitrogen and oxygen atoms in total. The number of hydrogen-bond acceptors (Lipinski definition) is 2. The minimum atomic E-state index is 0.416. The summed E-state index contributed by atoms with van der Waals surface area (Å²) in [5.74, 6) is 1.71. The van der Waals surface area contributed by atoms with Crippen LogP contribution in [-0.4, -0.2) is 25.3 Å². The Bertz CT molecular complexity index is 309. The summed E-state index contributed by atoms with van der Waals surface area (Å²) >= 11 is 0. The second-order valence-electron chi connectivity index (χ2n) is 8.51. The maximum Gasteiger partial charge on any atom is 0.0734 e. The molecule has 0 radical (unpaired) electrons. The molecule has 1 N–H and O–H groups in total. The van der Waals surface area contributed by atoms with Crippen LogP contribution in [0.5, 0.6) is 0 Å². The van der Waals surface area contributed by atoms with Crippen LogP contribution in [-0.2, 0) is 4.74 Å². The van der Waals surface area contributed by atoms with Crippen molar-refractivity contribution in [2.45, 2.75) is 97.3 Å². The molecule has 124 valence electrons. The maximum atomic E-state index is 6.63. The number of rotatable bonds is 4. The Morgan fingerprint density at radius 1 is 1.05 bits per heavy atom. The van der Waals surface area contributed by atoms with Crippen LogP contribution in [0.15, 0.2) is 0 Å². The Morgan fingerprint density at radius 2 is 1.81 bits per heavy atom. The van der Waals surface area contributed by atoms with E-state index in [0.717, 1.165) is 11.8 Å². The summed E-state index contributed by atoms with van der Waals surface area (Å²) in [7, 11) is 2.11. The molecule has 2 saturated carbocycles. The molecule has 0 aromatic carbocycles. The van der Waals surface area contributed by atoms with E-state index in [1.807, 2.05) is 0 Å². The second-order valence-corrected chi connectivity index (χ2v) is 8.51. The minimum Gasteiger partial charge on any atom is -0.373 e. The Kier molecular flexibility index (Phi) is 6.14. The van der Waals surface area contributed by atoms with Gasteiger partial charge in [0.15, 0.2) is 0 Å². The molecule has 5 atom stereocenters. The molecular weight excluding hydrogens is 258 g/mol. The van der Waals surface area contributed by atoms with Gasteiger partial charge in [0.2, 0.25) is 0 Å². The normalized spacial score (nSPS) is 38.4. The van der Waals surface area contributed by atoms with Gasteiger partial charge in [-0.05, 0) is 56.4 Å². The number of ether oxygens (including phenoxy) is 1. The fourth-order valence-electron chi connectivity index (χ4n) is 4.38. The van der Waals surface area contributed by atoms with Gasteiger partial charge in [-0.1, -0.05) is 47.0 Å². The van der Waals surface area contributed by atoms with E-state index in [0.29, 0.717) is 23.7 Å². The first-order valence-corrected chi connectivity index (χ1v) is 9.26. The molecule has 0 aromatic heterocycles. The van der Waals surface area contributed by atoms with Crippen molar-refractivity contribution in [1.82, 2.24) is 5.32 Å². The number of hydrogen-bond donors (Lipinski definition) is 1. The third-order valence-electron chi connectivity index (χ3n) is 6.07. The highest BCUT2D eigenvalue weighted by Gasteiger charge is 2.37. The third kappa shape index (κ3) is 4.69. The van der Waals surface area contributed by atoms with Crippen LogP contribution < -0.4 is 5.32 Å². The Balaban J connectivity index is 1.94. The summed E-state index contributed by atoms with van der Waals surface area (Å²) in [5, 5.41) is 3.52. The van der Waals surface area contributed by atoms with Gasteiger partial charge < -0.3 is 10.1 Å². The van der Waals surface area contributed by atoms with Crippen LogP contribution in [0.3, 0.4) is 0 Å². The second kappa shape index (κ2) is 7.46. The van der Waals surface area contributed by atoms with E-state index in [4.69, 9.17) is 4.74 Å². The lowest BCUT2D eigenvalue weighted by molar-refractivity contribution is -0.0854. The summed E-state index contributed by atoms with van der Waals surface area (Å²) in [5.41, 5.74) is 0.416. The molecule has 0 bridgehead atoms. The zero-order valence-electron chi connectivity index (χ0n) is 15.0. The molecule has 0 spiro atoms. The van der Waals surface area contributed by atoms with Crippen molar-refractivity contribution in [3.63, 3.8) is 0 Å². The third-order valence-corrected chi connectivity index (χ3v) is 6.07. The Morgan fingerprint density at radius 3 is 2.43 bits per heavy atom. The molecule has 2 heteroatoms. The molecule has 2 aliphatic carbocycles. The quantitative estimate of drug-likeness (QED) is 0.806. The molecule has 0 aliphatic heterocycles.